The molecule has 4 nitrogen and oxygen atoms in total. The number of fused-ring (bicyclic) bond motifs is 1. The number of carbonyl (C=O) groups is 1. The lowest BCUT2D eigenvalue weighted by molar-refractivity contribution is 0.0950. The molecule has 0 bridgehead atoms. The molecule has 3 aromatic rings. The number of hydrogen-bond acceptors (Lipinski definition) is 2. The first-order valence-electron chi connectivity index (χ1n) is 7.70. The SMILES string of the molecule is Cc1cc2cc(CCNC(=O)c3ccccc3F)ccc2[nH]c1=O. The Morgan fingerprint density at radius 2 is 1.96 bits per heavy atom. The van der Waals surface area contributed by atoms with Crippen LogP contribution in [0.15, 0.2) is 53.3 Å². The minimum Gasteiger partial charge on any atom is -0.352 e. The van der Waals surface area contributed by atoms with Crippen molar-refractivity contribution in [2.24, 2.45) is 0 Å². The topological polar surface area (TPSA) is 62.0 Å². The number of nitrogens with one attached hydrogen (secondary N) is 2. The van der Waals surface area contributed by atoms with Gasteiger partial charge in [-0.1, -0.05) is 18.2 Å². The van der Waals surface area contributed by atoms with E-state index in [1.807, 2.05) is 24.3 Å². The van der Waals surface area contributed by atoms with Crippen LogP contribution in [0.2, 0.25) is 0 Å². The lowest BCUT2D eigenvalue weighted by atomic mass is 10.1. The number of halogens is 1. The summed E-state index contributed by atoms with van der Waals surface area (Å²) in [4.78, 5) is 26.4. The lowest BCUT2D eigenvalue weighted by Crippen LogP contribution is -2.26. The molecule has 2 N–H and O–H groups in total. The van der Waals surface area contributed by atoms with Crippen molar-refractivity contribution in [1.29, 1.82) is 0 Å². The zero-order chi connectivity index (χ0) is 17.1. The Kier molecular flexibility index (Phi) is 4.42. The van der Waals surface area contributed by atoms with Gasteiger partial charge >= 0.3 is 0 Å². The van der Waals surface area contributed by atoms with Gasteiger partial charge in [0.1, 0.15) is 5.82 Å². The van der Waals surface area contributed by atoms with Gasteiger partial charge in [0, 0.05) is 17.6 Å². The van der Waals surface area contributed by atoms with Gasteiger partial charge in [0.15, 0.2) is 0 Å². The molecule has 122 valence electrons. The maximum Gasteiger partial charge on any atom is 0.254 e. The van der Waals surface area contributed by atoms with E-state index in [1.165, 1.54) is 12.1 Å². The van der Waals surface area contributed by atoms with E-state index in [0.717, 1.165) is 16.5 Å². The summed E-state index contributed by atoms with van der Waals surface area (Å²) in [5, 5.41) is 3.67. The summed E-state index contributed by atoms with van der Waals surface area (Å²) >= 11 is 0. The first-order chi connectivity index (χ1) is 11.5. The Morgan fingerprint density at radius 3 is 2.75 bits per heavy atom. The molecule has 3 rings (SSSR count). The van der Waals surface area contributed by atoms with Gasteiger partial charge in [-0.3, -0.25) is 9.59 Å². The predicted octanol–water partition coefficient (Wildman–Crippen LogP) is 2.95. The molecule has 0 radical (unpaired) electrons. The number of rotatable bonds is 4. The second-order valence-electron chi connectivity index (χ2n) is 5.69. The van der Waals surface area contributed by atoms with Gasteiger partial charge < -0.3 is 10.3 Å². The molecule has 0 spiro atoms. The highest BCUT2D eigenvalue weighted by atomic mass is 19.1. The van der Waals surface area contributed by atoms with Gasteiger partial charge in [0.05, 0.1) is 5.56 Å². The Bertz CT molecular complexity index is 963. The van der Waals surface area contributed by atoms with Gasteiger partial charge in [0.2, 0.25) is 0 Å². The molecule has 0 atom stereocenters. The van der Waals surface area contributed by atoms with Crippen molar-refractivity contribution in [3.8, 4) is 0 Å². The van der Waals surface area contributed by atoms with E-state index in [4.69, 9.17) is 0 Å². The largest absolute Gasteiger partial charge is 0.352 e. The number of aryl methyl sites for hydroxylation is 1. The Hall–Kier alpha value is -2.95. The van der Waals surface area contributed by atoms with Gasteiger partial charge in [-0.15, -0.1) is 0 Å². The van der Waals surface area contributed by atoms with Crippen molar-refractivity contribution in [2.45, 2.75) is 13.3 Å². The average Bonchev–Trinajstić information content (AvgIpc) is 2.56. The quantitative estimate of drug-likeness (QED) is 0.775. The summed E-state index contributed by atoms with van der Waals surface area (Å²) < 4.78 is 13.5. The van der Waals surface area contributed by atoms with Crippen LogP contribution in [0.5, 0.6) is 0 Å². The molecule has 0 aliphatic heterocycles. The van der Waals surface area contributed by atoms with Crippen molar-refractivity contribution < 1.29 is 9.18 Å². The van der Waals surface area contributed by atoms with Crippen LogP contribution in [0, 0.1) is 12.7 Å². The van der Waals surface area contributed by atoms with E-state index in [9.17, 15) is 14.0 Å². The van der Waals surface area contributed by atoms with Gasteiger partial charge in [-0.25, -0.2) is 4.39 Å². The van der Waals surface area contributed by atoms with Crippen LogP contribution in [0.25, 0.3) is 10.9 Å². The normalized spacial score (nSPS) is 10.8. The van der Waals surface area contributed by atoms with E-state index in [1.54, 1.807) is 19.1 Å². The average molecular weight is 324 g/mol. The minimum absolute atomic E-state index is 0.0456. The third-order valence-electron chi connectivity index (χ3n) is 3.91. The maximum atomic E-state index is 13.5. The number of carbonyl (C=O) groups excluding carboxylic acids is 1. The van der Waals surface area contributed by atoms with Crippen molar-refractivity contribution >= 4 is 16.8 Å². The number of aromatic nitrogens is 1. The number of aromatic amines is 1. The predicted molar refractivity (Wildman–Crippen MR) is 91.7 cm³/mol. The second-order valence-corrected chi connectivity index (χ2v) is 5.69. The highest BCUT2D eigenvalue weighted by molar-refractivity contribution is 5.94. The minimum atomic E-state index is -0.528. The van der Waals surface area contributed by atoms with Crippen molar-refractivity contribution in [3.05, 3.63) is 81.4 Å². The molecule has 1 amide bonds. The molecule has 1 heterocycles. The molecular formula is C19H17FN2O2. The number of H-pyrrole nitrogens is 1. The third-order valence-corrected chi connectivity index (χ3v) is 3.91. The molecule has 0 aliphatic rings. The fourth-order valence-electron chi connectivity index (χ4n) is 2.58. The van der Waals surface area contributed by atoms with Crippen LogP contribution in [-0.4, -0.2) is 17.4 Å². The number of hydrogen-bond donors (Lipinski definition) is 2. The Labute approximate surface area is 138 Å². The molecule has 0 saturated carbocycles. The summed E-state index contributed by atoms with van der Waals surface area (Å²) in [6.45, 7) is 2.17. The van der Waals surface area contributed by atoms with Crippen LogP contribution in [-0.2, 0) is 6.42 Å². The number of benzene rings is 2. The van der Waals surface area contributed by atoms with Gasteiger partial charge in [-0.05, 0) is 54.6 Å². The van der Waals surface area contributed by atoms with Crippen LogP contribution in [0.3, 0.4) is 0 Å². The second kappa shape index (κ2) is 6.66. The number of pyridine rings is 1. The molecule has 2 aromatic carbocycles. The fourth-order valence-corrected chi connectivity index (χ4v) is 2.58. The Balaban J connectivity index is 1.68. The smallest absolute Gasteiger partial charge is 0.254 e. The van der Waals surface area contributed by atoms with Crippen molar-refractivity contribution in [2.75, 3.05) is 6.54 Å². The molecular weight excluding hydrogens is 307 g/mol. The zero-order valence-corrected chi connectivity index (χ0v) is 13.2. The van der Waals surface area contributed by atoms with Crippen LogP contribution < -0.4 is 10.9 Å². The maximum absolute atomic E-state index is 13.5. The number of amides is 1. The molecule has 0 fully saturated rings. The summed E-state index contributed by atoms with van der Waals surface area (Å²) in [5.74, 6) is -0.950. The lowest BCUT2D eigenvalue weighted by Gasteiger charge is -2.07. The first-order valence-corrected chi connectivity index (χ1v) is 7.70. The van der Waals surface area contributed by atoms with E-state index in [2.05, 4.69) is 10.3 Å². The standard InChI is InChI=1S/C19H17FN2O2/c1-12-10-14-11-13(6-7-17(14)22-18(12)23)8-9-21-19(24)15-4-2-3-5-16(15)20/h2-7,10-11H,8-9H2,1H3,(H,21,24)(H,22,23). The van der Waals surface area contributed by atoms with E-state index < -0.39 is 11.7 Å². The van der Waals surface area contributed by atoms with E-state index in [-0.39, 0.29) is 11.1 Å². The van der Waals surface area contributed by atoms with E-state index in [0.29, 0.717) is 18.5 Å². The van der Waals surface area contributed by atoms with Crippen molar-refractivity contribution in [3.63, 3.8) is 0 Å². The van der Waals surface area contributed by atoms with E-state index >= 15 is 0 Å². The molecule has 1 aromatic heterocycles. The summed E-state index contributed by atoms with van der Waals surface area (Å²) in [5.41, 5.74) is 2.43. The summed E-state index contributed by atoms with van der Waals surface area (Å²) in [6.07, 6.45) is 0.619. The van der Waals surface area contributed by atoms with Crippen LogP contribution >= 0.6 is 0 Å². The molecule has 24 heavy (non-hydrogen) atoms. The monoisotopic (exact) mass is 324 g/mol. The highest BCUT2D eigenvalue weighted by Crippen LogP contribution is 2.14. The molecule has 0 saturated heterocycles. The first kappa shape index (κ1) is 15.9. The molecule has 5 heteroatoms. The van der Waals surface area contributed by atoms with Gasteiger partial charge in [0.25, 0.3) is 11.5 Å². The molecule has 0 unspecified atom stereocenters. The zero-order valence-electron chi connectivity index (χ0n) is 13.2. The fraction of sp³-hybridized carbons (Fsp3) is 0.158. The third kappa shape index (κ3) is 3.35. The molecule has 0 aliphatic carbocycles. The van der Waals surface area contributed by atoms with Crippen molar-refractivity contribution in [1.82, 2.24) is 10.3 Å². The Morgan fingerprint density at radius 1 is 1.17 bits per heavy atom. The summed E-state index contributed by atoms with van der Waals surface area (Å²) in [7, 11) is 0. The highest BCUT2D eigenvalue weighted by Gasteiger charge is 2.09. The van der Waals surface area contributed by atoms with Gasteiger partial charge in [-0.2, -0.15) is 0 Å². The summed E-state index contributed by atoms with van der Waals surface area (Å²) in [6, 6.07) is 13.5. The van der Waals surface area contributed by atoms with Crippen LogP contribution in [0.1, 0.15) is 21.5 Å². The van der Waals surface area contributed by atoms with Crippen LogP contribution in [0.4, 0.5) is 4.39 Å².